The third-order valence-corrected chi connectivity index (χ3v) is 9.24. The van der Waals surface area contributed by atoms with Gasteiger partial charge in [0.1, 0.15) is 22.7 Å². The number of rotatable bonds is 4. The highest BCUT2D eigenvalue weighted by molar-refractivity contribution is 6.10. The molecule has 0 fully saturated rings. The lowest BCUT2D eigenvalue weighted by Crippen LogP contribution is -2.34. The first-order valence-corrected chi connectivity index (χ1v) is 15.4. The summed E-state index contributed by atoms with van der Waals surface area (Å²) in [6, 6.07) is 60.0. The van der Waals surface area contributed by atoms with Gasteiger partial charge in [0.2, 0.25) is 0 Å². The number of benzene rings is 7. The van der Waals surface area contributed by atoms with E-state index >= 15 is 0 Å². The Morgan fingerprint density at radius 1 is 0.400 bits per heavy atom. The van der Waals surface area contributed by atoms with Gasteiger partial charge in [-0.05, 0) is 46.0 Å². The number of fused-ring (bicyclic) bond motifs is 5. The fraction of sp³-hybridized carbons (Fsp3) is 0.0233. The molecule has 9 rings (SSSR count). The molecule has 0 bridgehead atoms. The Hall–Kier alpha value is -5.86. The average Bonchev–Trinajstić information content (AvgIpc) is 3.50. The quantitative estimate of drug-likeness (QED) is 0.208. The van der Waals surface area contributed by atoms with Gasteiger partial charge >= 0.3 is 0 Å². The molecule has 1 aliphatic heterocycles. The Morgan fingerprint density at radius 2 is 1.00 bits per heavy atom. The van der Waals surface area contributed by atoms with Gasteiger partial charge in [0.05, 0.1) is 5.41 Å². The molecule has 2 heterocycles. The molecule has 212 valence electrons. The van der Waals surface area contributed by atoms with Crippen LogP contribution >= 0.6 is 0 Å². The summed E-state index contributed by atoms with van der Waals surface area (Å²) in [5.74, 6) is 1.73. The average molecular weight is 577 g/mol. The third kappa shape index (κ3) is 3.82. The van der Waals surface area contributed by atoms with Gasteiger partial charge in [-0.1, -0.05) is 152 Å². The van der Waals surface area contributed by atoms with Crippen molar-refractivity contribution >= 4 is 21.9 Å². The summed E-state index contributed by atoms with van der Waals surface area (Å²) in [6.07, 6.45) is 0. The minimum Gasteiger partial charge on any atom is -0.457 e. The predicted octanol–water partition coefficient (Wildman–Crippen LogP) is 11.4. The number of furan rings is 1. The van der Waals surface area contributed by atoms with Crippen molar-refractivity contribution in [3.8, 4) is 33.8 Å². The Labute approximate surface area is 261 Å². The molecule has 0 unspecified atom stereocenters. The van der Waals surface area contributed by atoms with Crippen LogP contribution in [0.15, 0.2) is 174 Å². The highest BCUT2D eigenvalue weighted by Crippen LogP contribution is 2.56. The van der Waals surface area contributed by atoms with Gasteiger partial charge in [0, 0.05) is 27.5 Å². The third-order valence-electron chi connectivity index (χ3n) is 9.24. The Kier molecular flexibility index (Phi) is 5.76. The fourth-order valence-electron chi connectivity index (χ4n) is 7.31. The van der Waals surface area contributed by atoms with Crippen molar-refractivity contribution in [2.45, 2.75) is 5.41 Å². The molecule has 7 aromatic carbocycles. The van der Waals surface area contributed by atoms with Crippen LogP contribution in [-0.2, 0) is 5.41 Å². The molecule has 0 saturated carbocycles. The van der Waals surface area contributed by atoms with E-state index in [4.69, 9.17) is 9.15 Å². The van der Waals surface area contributed by atoms with Crippen LogP contribution in [0, 0.1) is 0 Å². The second-order valence-electron chi connectivity index (χ2n) is 11.6. The number of ether oxygens (including phenoxy) is 1. The number of hydrogen-bond acceptors (Lipinski definition) is 2. The van der Waals surface area contributed by atoms with Crippen LogP contribution < -0.4 is 4.74 Å². The van der Waals surface area contributed by atoms with E-state index in [2.05, 4.69) is 158 Å². The van der Waals surface area contributed by atoms with Gasteiger partial charge < -0.3 is 9.15 Å². The first kappa shape index (κ1) is 25.6. The van der Waals surface area contributed by atoms with E-state index in [1.54, 1.807) is 0 Å². The van der Waals surface area contributed by atoms with Gasteiger partial charge in [0.25, 0.3) is 0 Å². The van der Waals surface area contributed by atoms with E-state index < -0.39 is 5.41 Å². The van der Waals surface area contributed by atoms with E-state index in [9.17, 15) is 0 Å². The van der Waals surface area contributed by atoms with E-state index in [0.29, 0.717) is 0 Å². The molecular formula is C43H28O2. The summed E-state index contributed by atoms with van der Waals surface area (Å²) in [4.78, 5) is 0. The summed E-state index contributed by atoms with van der Waals surface area (Å²) in [5.41, 5.74) is 10.4. The van der Waals surface area contributed by atoms with Crippen molar-refractivity contribution in [2.24, 2.45) is 0 Å². The molecule has 2 heteroatoms. The van der Waals surface area contributed by atoms with Crippen molar-refractivity contribution < 1.29 is 9.15 Å². The van der Waals surface area contributed by atoms with Crippen LogP contribution in [0.1, 0.15) is 22.3 Å². The van der Waals surface area contributed by atoms with Crippen LogP contribution in [0.3, 0.4) is 0 Å². The summed E-state index contributed by atoms with van der Waals surface area (Å²) in [5, 5.41) is 2.25. The zero-order valence-corrected chi connectivity index (χ0v) is 24.5. The maximum Gasteiger partial charge on any atom is 0.143 e. The largest absolute Gasteiger partial charge is 0.457 e. The molecule has 0 spiro atoms. The smallest absolute Gasteiger partial charge is 0.143 e. The molecular weight excluding hydrogens is 548 g/mol. The molecule has 1 aliphatic rings. The summed E-state index contributed by atoms with van der Waals surface area (Å²) >= 11 is 0. The maximum atomic E-state index is 6.78. The highest BCUT2D eigenvalue weighted by atomic mass is 16.5. The summed E-state index contributed by atoms with van der Waals surface area (Å²) in [7, 11) is 0. The molecule has 45 heavy (non-hydrogen) atoms. The monoisotopic (exact) mass is 576 g/mol. The van der Waals surface area contributed by atoms with Crippen molar-refractivity contribution in [2.75, 3.05) is 0 Å². The van der Waals surface area contributed by atoms with Crippen LogP contribution in [0.25, 0.3) is 44.2 Å². The van der Waals surface area contributed by atoms with Crippen LogP contribution in [-0.4, -0.2) is 0 Å². The zero-order valence-electron chi connectivity index (χ0n) is 24.5. The van der Waals surface area contributed by atoms with Crippen molar-refractivity contribution in [3.63, 3.8) is 0 Å². The number of para-hydroxylation sites is 3. The van der Waals surface area contributed by atoms with Gasteiger partial charge in [-0.2, -0.15) is 0 Å². The van der Waals surface area contributed by atoms with E-state index in [0.717, 1.165) is 66.8 Å². The van der Waals surface area contributed by atoms with E-state index in [1.165, 1.54) is 11.1 Å². The Morgan fingerprint density at radius 3 is 1.80 bits per heavy atom. The van der Waals surface area contributed by atoms with Gasteiger partial charge in [-0.15, -0.1) is 0 Å². The topological polar surface area (TPSA) is 22.4 Å². The van der Waals surface area contributed by atoms with Crippen LogP contribution in [0.4, 0.5) is 0 Å². The molecule has 1 aromatic heterocycles. The molecule has 0 amide bonds. The first-order valence-electron chi connectivity index (χ1n) is 15.4. The van der Waals surface area contributed by atoms with Crippen LogP contribution in [0.2, 0.25) is 0 Å². The van der Waals surface area contributed by atoms with Gasteiger partial charge in [-0.3, -0.25) is 0 Å². The second-order valence-corrected chi connectivity index (χ2v) is 11.6. The van der Waals surface area contributed by atoms with Gasteiger partial charge in [-0.25, -0.2) is 0 Å². The molecule has 0 saturated heterocycles. The lowest BCUT2D eigenvalue weighted by atomic mass is 9.63. The second kappa shape index (κ2) is 10.1. The Bertz CT molecular complexity index is 2310. The molecule has 0 radical (unpaired) electrons. The van der Waals surface area contributed by atoms with Gasteiger partial charge in [0.15, 0.2) is 0 Å². The first-order chi connectivity index (χ1) is 22.3. The van der Waals surface area contributed by atoms with E-state index in [-0.39, 0.29) is 0 Å². The zero-order chi connectivity index (χ0) is 29.8. The van der Waals surface area contributed by atoms with E-state index in [1.807, 2.05) is 12.1 Å². The lowest BCUT2D eigenvalue weighted by molar-refractivity contribution is 0.435. The van der Waals surface area contributed by atoms with Crippen molar-refractivity contribution in [1.82, 2.24) is 0 Å². The molecule has 8 aromatic rings. The van der Waals surface area contributed by atoms with Crippen molar-refractivity contribution in [1.29, 1.82) is 0 Å². The normalized spacial score (nSPS) is 13.2. The maximum absolute atomic E-state index is 6.78. The summed E-state index contributed by atoms with van der Waals surface area (Å²) in [6.45, 7) is 0. The number of hydrogen-bond donors (Lipinski definition) is 0. The SMILES string of the molecule is c1ccc(C2(c3ccccc3)c3ccccc3Oc3cc(-c4ccccc4-c4cccc5c4oc4ccccc45)ccc32)cc1. The van der Waals surface area contributed by atoms with Crippen molar-refractivity contribution in [3.05, 3.63) is 192 Å². The molecule has 0 atom stereocenters. The Balaban J connectivity index is 1.28. The molecule has 0 aliphatic carbocycles. The molecule has 2 nitrogen and oxygen atoms in total. The standard InChI is InChI=1S/C43H28O2/c1-3-14-30(15-4-1)43(31-16-5-2-6-17-31)37-23-10-12-25-40(37)44-41-28-29(26-27-38(41)43)32-18-7-8-19-33(32)35-21-13-22-36-34-20-9-11-24-39(34)45-42(35)36/h1-28H. The lowest BCUT2D eigenvalue weighted by Gasteiger charge is -2.41. The minimum absolute atomic E-state index is 0.537. The summed E-state index contributed by atoms with van der Waals surface area (Å²) < 4.78 is 13.2. The highest BCUT2D eigenvalue weighted by Gasteiger charge is 2.45. The fourth-order valence-corrected chi connectivity index (χ4v) is 7.31. The predicted molar refractivity (Wildman–Crippen MR) is 183 cm³/mol. The minimum atomic E-state index is -0.537. The molecule has 0 N–H and O–H groups in total. The van der Waals surface area contributed by atoms with Crippen LogP contribution in [0.5, 0.6) is 11.5 Å².